The Kier molecular flexibility index (Phi) is 3.26. The number of amides is 1. The monoisotopic (exact) mass is 345 g/mol. The van der Waals surface area contributed by atoms with Crippen molar-refractivity contribution >= 4 is 44.6 Å². The lowest BCUT2D eigenvalue weighted by Crippen LogP contribution is -2.13. The Hall–Kier alpha value is -2.54. The third kappa shape index (κ3) is 2.55. The first-order valence-electron chi connectivity index (χ1n) is 5.99. The van der Waals surface area contributed by atoms with Crippen molar-refractivity contribution in [1.29, 1.82) is 0 Å². The van der Waals surface area contributed by atoms with Gasteiger partial charge in [0.25, 0.3) is 11.6 Å². The topological polar surface area (TPSA) is 84.6 Å². The van der Waals surface area contributed by atoms with E-state index in [0.29, 0.717) is 22.6 Å². The minimum Gasteiger partial charge on any atom is -0.320 e. The number of aliphatic imine (C=N–C) groups is 1. The molecule has 6 nitrogen and oxygen atoms in total. The van der Waals surface area contributed by atoms with Gasteiger partial charge >= 0.3 is 0 Å². The van der Waals surface area contributed by atoms with Crippen molar-refractivity contribution < 1.29 is 9.72 Å². The van der Waals surface area contributed by atoms with Crippen molar-refractivity contribution in [2.75, 3.05) is 5.32 Å². The van der Waals surface area contributed by atoms with E-state index >= 15 is 0 Å². The number of nitro groups is 1. The SMILES string of the molecule is O=C1Nc2ccc(Br)cc2C1=Nc1ccc([N+](=O)[O-])cc1. The second-order valence-electron chi connectivity index (χ2n) is 4.38. The zero-order valence-corrected chi connectivity index (χ0v) is 12.1. The summed E-state index contributed by atoms with van der Waals surface area (Å²) in [6, 6.07) is 11.1. The zero-order chi connectivity index (χ0) is 15.0. The average Bonchev–Trinajstić information content (AvgIpc) is 2.76. The maximum atomic E-state index is 12.0. The van der Waals surface area contributed by atoms with Crippen molar-refractivity contribution in [1.82, 2.24) is 0 Å². The van der Waals surface area contributed by atoms with E-state index in [1.807, 2.05) is 6.07 Å². The van der Waals surface area contributed by atoms with Gasteiger partial charge in [-0.25, -0.2) is 4.99 Å². The number of nitro benzene ring substituents is 1. The van der Waals surface area contributed by atoms with Gasteiger partial charge in [-0.2, -0.15) is 0 Å². The van der Waals surface area contributed by atoms with E-state index in [9.17, 15) is 14.9 Å². The second-order valence-corrected chi connectivity index (χ2v) is 5.29. The fraction of sp³-hybridized carbons (Fsp3) is 0. The summed E-state index contributed by atoms with van der Waals surface area (Å²) in [5, 5.41) is 13.3. The maximum Gasteiger partial charge on any atom is 0.275 e. The molecule has 0 bridgehead atoms. The smallest absolute Gasteiger partial charge is 0.275 e. The Bertz CT molecular complexity index is 785. The lowest BCUT2D eigenvalue weighted by molar-refractivity contribution is -0.384. The number of hydrogen-bond acceptors (Lipinski definition) is 4. The molecule has 2 aromatic carbocycles. The van der Waals surface area contributed by atoms with Crippen LogP contribution in [0.4, 0.5) is 17.1 Å². The fourth-order valence-corrected chi connectivity index (χ4v) is 2.38. The molecule has 21 heavy (non-hydrogen) atoms. The molecular weight excluding hydrogens is 338 g/mol. The molecule has 2 aromatic rings. The van der Waals surface area contributed by atoms with Crippen molar-refractivity contribution in [2.45, 2.75) is 0 Å². The van der Waals surface area contributed by atoms with Crippen molar-refractivity contribution in [3.63, 3.8) is 0 Å². The molecule has 0 aliphatic carbocycles. The van der Waals surface area contributed by atoms with Crippen molar-refractivity contribution in [2.24, 2.45) is 4.99 Å². The number of carbonyl (C=O) groups is 1. The summed E-state index contributed by atoms with van der Waals surface area (Å²) in [6.07, 6.45) is 0. The van der Waals surface area contributed by atoms with E-state index < -0.39 is 4.92 Å². The Morgan fingerprint density at radius 3 is 2.52 bits per heavy atom. The molecule has 0 radical (unpaired) electrons. The minimum atomic E-state index is -0.481. The van der Waals surface area contributed by atoms with Crippen LogP contribution in [-0.2, 0) is 4.79 Å². The molecule has 0 aromatic heterocycles. The predicted molar refractivity (Wildman–Crippen MR) is 82.1 cm³/mol. The third-order valence-corrected chi connectivity index (χ3v) is 3.49. The van der Waals surface area contributed by atoms with Gasteiger partial charge in [0.15, 0.2) is 0 Å². The summed E-state index contributed by atoms with van der Waals surface area (Å²) in [5.74, 6) is -0.290. The molecule has 104 valence electrons. The Morgan fingerprint density at radius 2 is 1.86 bits per heavy atom. The molecule has 7 heteroatoms. The Morgan fingerprint density at radius 1 is 1.14 bits per heavy atom. The van der Waals surface area contributed by atoms with Gasteiger partial charge in [-0.15, -0.1) is 0 Å². The summed E-state index contributed by atoms with van der Waals surface area (Å²) in [5.41, 5.74) is 2.16. The van der Waals surface area contributed by atoms with Gasteiger partial charge in [0.1, 0.15) is 5.71 Å². The molecule has 3 rings (SSSR count). The van der Waals surface area contributed by atoms with Crippen LogP contribution in [0, 0.1) is 10.1 Å². The van der Waals surface area contributed by atoms with E-state index in [-0.39, 0.29) is 11.6 Å². The number of halogens is 1. The van der Waals surface area contributed by atoms with Gasteiger partial charge in [-0.3, -0.25) is 14.9 Å². The van der Waals surface area contributed by atoms with Gasteiger partial charge in [0.05, 0.1) is 16.3 Å². The number of rotatable bonds is 2. The van der Waals surface area contributed by atoms with Gasteiger partial charge < -0.3 is 5.32 Å². The quantitative estimate of drug-likeness (QED) is 0.668. The van der Waals surface area contributed by atoms with Crippen LogP contribution in [0.1, 0.15) is 5.56 Å². The molecular formula is C14H8BrN3O3. The first-order valence-corrected chi connectivity index (χ1v) is 6.78. The van der Waals surface area contributed by atoms with Crippen LogP contribution >= 0.6 is 15.9 Å². The molecule has 0 spiro atoms. The highest BCUT2D eigenvalue weighted by atomic mass is 79.9. The summed E-state index contributed by atoms with van der Waals surface area (Å²) in [6.45, 7) is 0. The normalized spacial score (nSPS) is 14.9. The van der Waals surface area contributed by atoms with E-state index in [1.54, 1.807) is 12.1 Å². The van der Waals surface area contributed by atoms with Crippen LogP contribution in [-0.4, -0.2) is 16.5 Å². The van der Waals surface area contributed by atoms with Gasteiger partial charge in [0, 0.05) is 22.2 Å². The van der Waals surface area contributed by atoms with Crippen molar-refractivity contribution in [3.8, 4) is 0 Å². The molecule has 0 unspecified atom stereocenters. The molecule has 0 saturated carbocycles. The highest BCUT2D eigenvalue weighted by molar-refractivity contribution is 9.10. The molecule has 0 atom stereocenters. The van der Waals surface area contributed by atoms with Crippen LogP contribution in [0.5, 0.6) is 0 Å². The largest absolute Gasteiger partial charge is 0.320 e. The second kappa shape index (κ2) is 5.10. The van der Waals surface area contributed by atoms with E-state index in [0.717, 1.165) is 4.47 Å². The average molecular weight is 346 g/mol. The lowest BCUT2D eigenvalue weighted by atomic mass is 10.1. The molecule has 0 fully saturated rings. The number of nitrogens with one attached hydrogen (secondary N) is 1. The fourth-order valence-electron chi connectivity index (χ4n) is 2.01. The molecule has 1 aliphatic rings. The minimum absolute atomic E-state index is 0.0158. The van der Waals surface area contributed by atoms with Gasteiger partial charge in [-0.05, 0) is 30.3 Å². The van der Waals surface area contributed by atoms with Crippen LogP contribution in [0.15, 0.2) is 51.9 Å². The Balaban J connectivity index is 2.02. The number of carbonyl (C=O) groups excluding carboxylic acids is 1. The predicted octanol–water partition coefficient (Wildman–Crippen LogP) is 3.43. The third-order valence-electron chi connectivity index (χ3n) is 3.00. The highest BCUT2D eigenvalue weighted by Crippen LogP contribution is 2.29. The number of non-ortho nitro benzene ring substituents is 1. The first kappa shape index (κ1) is 13.4. The Labute approximate surface area is 127 Å². The highest BCUT2D eigenvalue weighted by Gasteiger charge is 2.26. The summed E-state index contributed by atoms with van der Waals surface area (Å²) in [7, 11) is 0. The van der Waals surface area contributed by atoms with Crippen LogP contribution in [0.2, 0.25) is 0 Å². The molecule has 1 amide bonds. The number of anilines is 1. The molecule has 1 heterocycles. The molecule has 1 N–H and O–H groups in total. The summed E-state index contributed by atoms with van der Waals surface area (Å²) in [4.78, 5) is 26.4. The van der Waals surface area contributed by atoms with E-state index in [2.05, 4.69) is 26.2 Å². The summed E-state index contributed by atoms with van der Waals surface area (Å²) >= 11 is 3.35. The van der Waals surface area contributed by atoms with Gasteiger partial charge in [-0.1, -0.05) is 15.9 Å². The van der Waals surface area contributed by atoms with E-state index in [4.69, 9.17) is 0 Å². The van der Waals surface area contributed by atoms with Crippen LogP contribution in [0.25, 0.3) is 0 Å². The summed E-state index contributed by atoms with van der Waals surface area (Å²) < 4.78 is 0.842. The first-order chi connectivity index (χ1) is 10.0. The number of benzene rings is 2. The number of hydrogen-bond donors (Lipinski definition) is 1. The number of nitrogens with zero attached hydrogens (tertiary/aromatic N) is 2. The molecule has 1 aliphatic heterocycles. The van der Waals surface area contributed by atoms with Gasteiger partial charge in [0.2, 0.25) is 0 Å². The van der Waals surface area contributed by atoms with E-state index in [1.165, 1.54) is 24.3 Å². The number of fused-ring (bicyclic) bond motifs is 1. The van der Waals surface area contributed by atoms with Crippen LogP contribution < -0.4 is 5.32 Å². The zero-order valence-electron chi connectivity index (χ0n) is 10.5. The van der Waals surface area contributed by atoms with Crippen molar-refractivity contribution in [3.05, 3.63) is 62.6 Å². The van der Waals surface area contributed by atoms with Crippen LogP contribution in [0.3, 0.4) is 0 Å². The lowest BCUT2D eigenvalue weighted by Gasteiger charge is -1.99. The standard InChI is InChI=1S/C14H8BrN3O3/c15-8-1-6-12-11(7-8)13(14(19)17-12)16-9-2-4-10(5-3-9)18(20)21/h1-7H,(H,16,17,19). The molecule has 0 saturated heterocycles. The maximum absolute atomic E-state index is 12.0.